The van der Waals surface area contributed by atoms with E-state index < -0.39 is 0 Å². The van der Waals surface area contributed by atoms with Crippen molar-refractivity contribution < 1.29 is 9.53 Å². The molecule has 6 heteroatoms. The summed E-state index contributed by atoms with van der Waals surface area (Å²) in [6, 6.07) is 0.209. The summed E-state index contributed by atoms with van der Waals surface area (Å²) in [5.41, 5.74) is 3.48. The lowest BCUT2D eigenvalue weighted by atomic mass is 9.98. The highest BCUT2D eigenvalue weighted by Gasteiger charge is 2.33. The molecule has 1 aliphatic heterocycles. The molecule has 2 heterocycles. The molecule has 1 aliphatic rings. The van der Waals surface area contributed by atoms with E-state index in [0.717, 1.165) is 43.9 Å². The first kappa shape index (κ1) is 18.9. The molecule has 6 nitrogen and oxygen atoms in total. The maximum absolute atomic E-state index is 12.1. The summed E-state index contributed by atoms with van der Waals surface area (Å²) < 4.78 is 5.41. The van der Waals surface area contributed by atoms with Crippen LogP contribution in [0.4, 0.5) is 0 Å². The highest BCUT2D eigenvalue weighted by Crippen LogP contribution is 2.24. The van der Waals surface area contributed by atoms with Crippen LogP contribution in [0.15, 0.2) is 0 Å². The fraction of sp³-hybridized carbons (Fsp3) is 0.778. The average Bonchev–Trinajstić information content (AvgIpc) is 3.04. The minimum Gasteiger partial charge on any atom is -0.369 e. The van der Waals surface area contributed by atoms with Crippen molar-refractivity contribution in [1.29, 1.82) is 0 Å². The fourth-order valence-corrected chi connectivity index (χ4v) is 3.44. The summed E-state index contributed by atoms with van der Waals surface area (Å²) in [6.07, 6.45) is 2.35. The van der Waals surface area contributed by atoms with Gasteiger partial charge in [-0.1, -0.05) is 13.3 Å². The molecule has 2 rings (SSSR count). The second-order valence-electron chi connectivity index (χ2n) is 7.19. The highest BCUT2D eigenvalue weighted by molar-refractivity contribution is 5.77. The van der Waals surface area contributed by atoms with Crippen molar-refractivity contribution in [3.8, 4) is 0 Å². The Morgan fingerprint density at radius 2 is 2.17 bits per heavy atom. The number of hydrogen-bond donors (Lipinski definition) is 2. The number of carbonyl (C=O) groups is 1. The van der Waals surface area contributed by atoms with Gasteiger partial charge in [-0.05, 0) is 40.0 Å². The first-order valence-corrected chi connectivity index (χ1v) is 9.04. The zero-order valence-corrected chi connectivity index (χ0v) is 15.7. The number of carbonyl (C=O) groups excluding carboxylic acids is 1. The standard InChI is InChI=1S/C18H32N4O2/c1-6-7-15-8-22(9-16-13(4)20-21-14(16)5)10-17(15)19-18(23)11-24-12(2)3/h12,15,17H,6-11H2,1-5H3,(H,19,23)(H,20,21)/t15-,17-/m1/s1. The van der Waals surface area contributed by atoms with E-state index in [2.05, 4.69) is 34.3 Å². The molecule has 1 aromatic rings. The van der Waals surface area contributed by atoms with Crippen molar-refractivity contribution in [2.45, 2.75) is 66.2 Å². The topological polar surface area (TPSA) is 70.2 Å². The van der Waals surface area contributed by atoms with Gasteiger partial charge >= 0.3 is 0 Å². The van der Waals surface area contributed by atoms with Crippen molar-refractivity contribution >= 4 is 5.91 Å². The van der Waals surface area contributed by atoms with Crippen LogP contribution in [0, 0.1) is 19.8 Å². The zero-order chi connectivity index (χ0) is 17.7. The molecule has 0 radical (unpaired) electrons. The number of aromatic nitrogens is 2. The van der Waals surface area contributed by atoms with Crippen molar-refractivity contribution in [3.63, 3.8) is 0 Å². The zero-order valence-electron chi connectivity index (χ0n) is 15.7. The van der Waals surface area contributed by atoms with Crippen LogP contribution >= 0.6 is 0 Å². The van der Waals surface area contributed by atoms with E-state index in [-0.39, 0.29) is 24.7 Å². The Hall–Kier alpha value is -1.40. The lowest BCUT2D eigenvalue weighted by molar-refractivity contribution is -0.128. The lowest BCUT2D eigenvalue weighted by Gasteiger charge is -2.19. The molecule has 1 saturated heterocycles. The van der Waals surface area contributed by atoms with Crippen LogP contribution in [-0.2, 0) is 16.1 Å². The fourth-order valence-electron chi connectivity index (χ4n) is 3.44. The number of likely N-dealkylation sites (tertiary alicyclic amines) is 1. The Kier molecular flexibility index (Phi) is 6.80. The third-order valence-electron chi connectivity index (χ3n) is 4.73. The quantitative estimate of drug-likeness (QED) is 0.763. The predicted molar refractivity (Wildman–Crippen MR) is 94.8 cm³/mol. The van der Waals surface area contributed by atoms with E-state index in [9.17, 15) is 4.79 Å². The van der Waals surface area contributed by atoms with Crippen LogP contribution in [0.5, 0.6) is 0 Å². The molecule has 24 heavy (non-hydrogen) atoms. The Morgan fingerprint density at radius 3 is 2.75 bits per heavy atom. The van der Waals surface area contributed by atoms with Gasteiger partial charge in [0.25, 0.3) is 0 Å². The summed E-state index contributed by atoms with van der Waals surface area (Å²) in [5, 5.41) is 10.5. The Bertz CT molecular complexity index is 522. The molecule has 0 unspecified atom stereocenters. The van der Waals surface area contributed by atoms with Crippen LogP contribution < -0.4 is 5.32 Å². The minimum atomic E-state index is -0.00711. The molecule has 0 bridgehead atoms. The van der Waals surface area contributed by atoms with Crippen LogP contribution in [0.3, 0.4) is 0 Å². The first-order valence-electron chi connectivity index (χ1n) is 9.04. The summed E-state index contributed by atoms with van der Waals surface area (Å²) >= 11 is 0. The van der Waals surface area contributed by atoms with Crippen molar-refractivity contribution in [3.05, 3.63) is 17.0 Å². The van der Waals surface area contributed by atoms with Crippen LogP contribution in [-0.4, -0.2) is 52.8 Å². The van der Waals surface area contributed by atoms with Gasteiger partial charge in [0.05, 0.1) is 11.8 Å². The monoisotopic (exact) mass is 336 g/mol. The van der Waals surface area contributed by atoms with E-state index in [1.54, 1.807) is 0 Å². The Balaban J connectivity index is 1.94. The van der Waals surface area contributed by atoms with E-state index in [4.69, 9.17) is 4.74 Å². The Morgan fingerprint density at radius 1 is 1.42 bits per heavy atom. The minimum absolute atomic E-state index is 0.00711. The van der Waals surface area contributed by atoms with E-state index in [1.807, 2.05) is 20.8 Å². The molecular formula is C18H32N4O2. The van der Waals surface area contributed by atoms with Gasteiger partial charge in [0.15, 0.2) is 0 Å². The summed E-state index contributed by atoms with van der Waals surface area (Å²) in [6.45, 7) is 13.2. The van der Waals surface area contributed by atoms with Gasteiger partial charge < -0.3 is 10.1 Å². The number of nitrogens with one attached hydrogen (secondary N) is 2. The predicted octanol–water partition coefficient (Wildman–Crippen LogP) is 2.17. The summed E-state index contributed by atoms with van der Waals surface area (Å²) in [4.78, 5) is 14.5. The van der Waals surface area contributed by atoms with Crippen molar-refractivity contribution in [2.24, 2.45) is 5.92 Å². The van der Waals surface area contributed by atoms with Gasteiger partial charge in [-0.25, -0.2) is 0 Å². The number of amides is 1. The van der Waals surface area contributed by atoms with Gasteiger partial charge in [-0.2, -0.15) is 5.10 Å². The van der Waals surface area contributed by atoms with Gasteiger partial charge in [-0.15, -0.1) is 0 Å². The maximum atomic E-state index is 12.1. The molecule has 0 spiro atoms. The van der Waals surface area contributed by atoms with Gasteiger partial charge in [0.2, 0.25) is 5.91 Å². The Labute approximate surface area is 145 Å². The normalized spacial score (nSPS) is 21.6. The highest BCUT2D eigenvalue weighted by atomic mass is 16.5. The molecular weight excluding hydrogens is 304 g/mol. The maximum Gasteiger partial charge on any atom is 0.246 e. The lowest BCUT2D eigenvalue weighted by Crippen LogP contribution is -2.42. The third-order valence-corrected chi connectivity index (χ3v) is 4.73. The van der Waals surface area contributed by atoms with E-state index in [0.29, 0.717) is 5.92 Å². The van der Waals surface area contributed by atoms with Crippen molar-refractivity contribution in [2.75, 3.05) is 19.7 Å². The number of hydrogen-bond acceptors (Lipinski definition) is 4. The third kappa shape index (κ3) is 5.05. The largest absolute Gasteiger partial charge is 0.369 e. The van der Waals surface area contributed by atoms with Crippen LogP contribution in [0.2, 0.25) is 0 Å². The van der Waals surface area contributed by atoms with Crippen LogP contribution in [0.1, 0.15) is 50.6 Å². The summed E-state index contributed by atoms with van der Waals surface area (Å²) in [5.74, 6) is 0.498. The number of aromatic amines is 1. The number of H-pyrrole nitrogens is 1. The van der Waals surface area contributed by atoms with E-state index in [1.165, 1.54) is 5.56 Å². The first-order chi connectivity index (χ1) is 11.4. The number of ether oxygens (including phenoxy) is 1. The van der Waals surface area contributed by atoms with Gasteiger partial charge in [0.1, 0.15) is 6.61 Å². The molecule has 136 valence electrons. The smallest absolute Gasteiger partial charge is 0.246 e. The van der Waals surface area contributed by atoms with Gasteiger partial charge in [-0.3, -0.25) is 14.8 Å². The molecule has 0 aliphatic carbocycles. The molecule has 2 atom stereocenters. The van der Waals surface area contributed by atoms with Crippen LogP contribution in [0.25, 0.3) is 0 Å². The number of aryl methyl sites for hydroxylation is 2. The average molecular weight is 336 g/mol. The number of nitrogens with zero attached hydrogens (tertiary/aromatic N) is 2. The number of rotatable bonds is 8. The molecule has 1 fully saturated rings. The molecule has 0 aromatic carbocycles. The molecule has 0 saturated carbocycles. The molecule has 2 N–H and O–H groups in total. The molecule has 1 aromatic heterocycles. The molecule has 1 amide bonds. The second kappa shape index (κ2) is 8.62. The summed E-state index contributed by atoms with van der Waals surface area (Å²) in [7, 11) is 0. The van der Waals surface area contributed by atoms with E-state index >= 15 is 0 Å². The SMILES string of the molecule is CCC[C@@H]1CN(Cc2c(C)n[nH]c2C)C[C@H]1NC(=O)COC(C)C. The second-order valence-corrected chi connectivity index (χ2v) is 7.19. The van der Waals surface area contributed by atoms with Gasteiger partial charge in [0, 0.05) is 36.9 Å². The van der Waals surface area contributed by atoms with Crippen molar-refractivity contribution in [1.82, 2.24) is 20.4 Å².